The van der Waals surface area contributed by atoms with Gasteiger partial charge in [0.05, 0.1) is 6.61 Å². The molecule has 1 saturated heterocycles. The fourth-order valence-corrected chi connectivity index (χ4v) is 3.93. The normalized spacial score (nSPS) is 15.3. The van der Waals surface area contributed by atoms with Gasteiger partial charge in [0.25, 0.3) is 0 Å². The van der Waals surface area contributed by atoms with E-state index in [1.54, 1.807) is 24.3 Å². The van der Waals surface area contributed by atoms with Gasteiger partial charge in [-0.15, -0.1) is 13.2 Å². The van der Waals surface area contributed by atoms with Crippen molar-refractivity contribution in [3.63, 3.8) is 0 Å². The minimum atomic E-state index is -4.70. The number of carbonyl (C=O) groups is 1. The molecule has 9 heteroatoms. The van der Waals surface area contributed by atoms with Crippen LogP contribution < -0.4 is 9.47 Å². The zero-order valence-electron chi connectivity index (χ0n) is 19.4. The third-order valence-electron chi connectivity index (χ3n) is 5.83. The number of piperazine rings is 1. The average molecular weight is 483 g/mol. The molecule has 0 unspecified atom stereocenters. The standard InChI is InChI=1S/C25H30F4N2O3/c1-24(2,12-3-17-33-21-10-6-20(26)7-11-21)23(32)31-15-13-30(14-16-31)18-19-4-8-22(9-5-19)34-25(27,28)29/h4-11H,3,12-18H2,1-2H3. The van der Waals surface area contributed by atoms with Gasteiger partial charge < -0.3 is 14.4 Å². The van der Waals surface area contributed by atoms with Crippen molar-refractivity contribution in [2.45, 2.75) is 39.6 Å². The Labute approximate surface area is 197 Å². The summed E-state index contributed by atoms with van der Waals surface area (Å²) in [5.41, 5.74) is 0.360. The maximum absolute atomic E-state index is 13.1. The zero-order valence-corrected chi connectivity index (χ0v) is 19.4. The number of amides is 1. The first-order valence-corrected chi connectivity index (χ1v) is 11.3. The summed E-state index contributed by atoms with van der Waals surface area (Å²) in [7, 11) is 0. The Morgan fingerprint density at radius 1 is 0.912 bits per heavy atom. The van der Waals surface area contributed by atoms with Crippen molar-refractivity contribution in [2.24, 2.45) is 5.41 Å². The molecule has 0 saturated carbocycles. The van der Waals surface area contributed by atoms with Gasteiger partial charge in [0, 0.05) is 38.1 Å². The topological polar surface area (TPSA) is 42.0 Å². The predicted octanol–water partition coefficient (Wildman–Crippen LogP) is 5.25. The van der Waals surface area contributed by atoms with E-state index in [2.05, 4.69) is 9.64 Å². The number of benzene rings is 2. The maximum Gasteiger partial charge on any atom is 0.573 e. The van der Waals surface area contributed by atoms with Crippen LogP contribution in [0.4, 0.5) is 17.6 Å². The third kappa shape index (κ3) is 7.90. The Balaban J connectivity index is 1.40. The summed E-state index contributed by atoms with van der Waals surface area (Å²) in [6, 6.07) is 11.7. The van der Waals surface area contributed by atoms with E-state index in [1.807, 2.05) is 18.7 Å². The van der Waals surface area contributed by atoms with Crippen LogP contribution in [0.15, 0.2) is 48.5 Å². The number of alkyl halides is 3. The van der Waals surface area contributed by atoms with E-state index in [0.717, 1.165) is 5.56 Å². The molecule has 186 valence electrons. The minimum Gasteiger partial charge on any atom is -0.494 e. The molecule has 0 radical (unpaired) electrons. The largest absolute Gasteiger partial charge is 0.573 e. The van der Waals surface area contributed by atoms with Crippen molar-refractivity contribution >= 4 is 5.91 Å². The molecular weight excluding hydrogens is 452 g/mol. The fourth-order valence-electron chi connectivity index (χ4n) is 3.93. The lowest BCUT2D eigenvalue weighted by molar-refractivity contribution is -0.274. The Kier molecular flexibility index (Phi) is 8.41. The van der Waals surface area contributed by atoms with Crippen molar-refractivity contribution in [1.29, 1.82) is 0 Å². The first kappa shape index (κ1) is 25.8. The highest BCUT2D eigenvalue weighted by atomic mass is 19.4. The number of ether oxygens (including phenoxy) is 2. The van der Waals surface area contributed by atoms with Gasteiger partial charge in [-0.2, -0.15) is 0 Å². The number of hydrogen-bond donors (Lipinski definition) is 0. The number of carbonyl (C=O) groups excluding carboxylic acids is 1. The molecule has 34 heavy (non-hydrogen) atoms. The monoisotopic (exact) mass is 482 g/mol. The second-order valence-electron chi connectivity index (χ2n) is 9.05. The molecule has 0 N–H and O–H groups in total. The van der Waals surface area contributed by atoms with E-state index in [1.165, 1.54) is 24.3 Å². The van der Waals surface area contributed by atoms with Gasteiger partial charge in [0.15, 0.2) is 0 Å². The number of rotatable bonds is 9. The van der Waals surface area contributed by atoms with Crippen LogP contribution in [0, 0.1) is 11.2 Å². The molecular formula is C25H30F4N2O3. The molecule has 1 fully saturated rings. The van der Waals surface area contributed by atoms with E-state index in [9.17, 15) is 22.4 Å². The average Bonchev–Trinajstić information content (AvgIpc) is 2.78. The summed E-state index contributed by atoms with van der Waals surface area (Å²) in [6.07, 6.45) is -3.34. The number of hydrogen-bond acceptors (Lipinski definition) is 4. The van der Waals surface area contributed by atoms with Crippen LogP contribution in [0.3, 0.4) is 0 Å². The van der Waals surface area contributed by atoms with Crippen LogP contribution in [-0.4, -0.2) is 54.9 Å². The second kappa shape index (κ2) is 11.1. The molecule has 0 spiro atoms. The summed E-state index contributed by atoms with van der Waals surface area (Å²) < 4.78 is 59.3. The first-order valence-electron chi connectivity index (χ1n) is 11.3. The zero-order chi connectivity index (χ0) is 24.8. The van der Waals surface area contributed by atoms with Crippen molar-refractivity contribution in [2.75, 3.05) is 32.8 Å². The minimum absolute atomic E-state index is 0.0996. The molecule has 1 aliphatic rings. The molecule has 0 aliphatic carbocycles. The Morgan fingerprint density at radius 3 is 2.09 bits per heavy atom. The van der Waals surface area contributed by atoms with Gasteiger partial charge in [0.1, 0.15) is 17.3 Å². The quantitative estimate of drug-likeness (QED) is 0.362. The van der Waals surface area contributed by atoms with Gasteiger partial charge in [0.2, 0.25) is 5.91 Å². The number of halogens is 4. The molecule has 5 nitrogen and oxygen atoms in total. The molecule has 0 aromatic heterocycles. The molecule has 3 rings (SSSR count). The Morgan fingerprint density at radius 2 is 1.50 bits per heavy atom. The SMILES string of the molecule is CC(C)(CCCOc1ccc(F)cc1)C(=O)N1CCN(Cc2ccc(OC(F)(F)F)cc2)CC1. The van der Waals surface area contributed by atoms with Crippen LogP contribution in [0.25, 0.3) is 0 Å². The second-order valence-corrected chi connectivity index (χ2v) is 9.05. The molecule has 0 bridgehead atoms. The summed E-state index contributed by atoms with van der Waals surface area (Å²) >= 11 is 0. The van der Waals surface area contributed by atoms with Crippen LogP contribution in [-0.2, 0) is 11.3 Å². The summed E-state index contributed by atoms with van der Waals surface area (Å²) in [4.78, 5) is 17.1. The predicted molar refractivity (Wildman–Crippen MR) is 120 cm³/mol. The highest BCUT2D eigenvalue weighted by Crippen LogP contribution is 2.27. The lowest BCUT2D eigenvalue weighted by Crippen LogP contribution is -2.51. The molecule has 2 aromatic rings. The summed E-state index contributed by atoms with van der Waals surface area (Å²) in [5, 5.41) is 0. The lowest BCUT2D eigenvalue weighted by atomic mass is 9.86. The highest BCUT2D eigenvalue weighted by Gasteiger charge is 2.33. The molecule has 1 amide bonds. The van der Waals surface area contributed by atoms with E-state index in [0.29, 0.717) is 57.9 Å². The van der Waals surface area contributed by atoms with Gasteiger partial charge in [-0.25, -0.2) is 4.39 Å². The Hall–Kier alpha value is -2.81. The molecule has 1 aliphatic heterocycles. The number of nitrogens with zero attached hydrogens (tertiary/aromatic N) is 2. The van der Waals surface area contributed by atoms with Gasteiger partial charge in [-0.3, -0.25) is 9.69 Å². The van der Waals surface area contributed by atoms with Crippen molar-refractivity contribution in [3.05, 3.63) is 59.9 Å². The van der Waals surface area contributed by atoms with Crippen LogP contribution in [0.2, 0.25) is 0 Å². The lowest BCUT2D eigenvalue weighted by Gasteiger charge is -2.38. The smallest absolute Gasteiger partial charge is 0.494 e. The molecule has 2 aromatic carbocycles. The molecule has 1 heterocycles. The fraction of sp³-hybridized carbons (Fsp3) is 0.480. The van der Waals surface area contributed by atoms with E-state index in [4.69, 9.17) is 4.74 Å². The van der Waals surface area contributed by atoms with E-state index < -0.39 is 11.8 Å². The van der Waals surface area contributed by atoms with Crippen molar-refractivity contribution in [3.8, 4) is 11.5 Å². The van der Waals surface area contributed by atoms with Crippen LogP contribution in [0.1, 0.15) is 32.3 Å². The first-order chi connectivity index (χ1) is 16.0. The van der Waals surface area contributed by atoms with E-state index in [-0.39, 0.29) is 17.5 Å². The highest BCUT2D eigenvalue weighted by molar-refractivity contribution is 5.82. The Bertz CT molecular complexity index is 923. The van der Waals surface area contributed by atoms with Gasteiger partial charge >= 0.3 is 6.36 Å². The van der Waals surface area contributed by atoms with Gasteiger partial charge in [-0.05, 0) is 54.8 Å². The molecule has 0 atom stereocenters. The van der Waals surface area contributed by atoms with Gasteiger partial charge in [-0.1, -0.05) is 26.0 Å². The summed E-state index contributed by atoms with van der Waals surface area (Å²) in [5.74, 6) is 0.149. The van der Waals surface area contributed by atoms with Crippen molar-refractivity contribution in [1.82, 2.24) is 9.80 Å². The van der Waals surface area contributed by atoms with E-state index >= 15 is 0 Å². The van der Waals surface area contributed by atoms with Crippen LogP contribution in [0.5, 0.6) is 11.5 Å². The van der Waals surface area contributed by atoms with Crippen molar-refractivity contribution < 1.29 is 31.8 Å². The maximum atomic E-state index is 13.1. The summed E-state index contributed by atoms with van der Waals surface area (Å²) in [6.45, 7) is 7.50. The third-order valence-corrected chi connectivity index (χ3v) is 5.83. The van der Waals surface area contributed by atoms with Crippen LogP contribution >= 0.6 is 0 Å².